The number of carbonyl (C=O) groups is 1. The van der Waals surface area contributed by atoms with Gasteiger partial charge in [-0.3, -0.25) is 4.79 Å². The quantitative estimate of drug-likeness (QED) is 0.478. The average molecular weight is 283 g/mol. The van der Waals surface area contributed by atoms with E-state index in [1.165, 1.54) is 17.4 Å². The van der Waals surface area contributed by atoms with E-state index < -0.39 is 0 Å². The molecule has 20 heavy (non-hydrogen) atoms. The number of allylic oxidation sites excluding steroid dienone is 1. The first-order chi connectivity index (χ1) is 9.69. The van der Waals surface area contributed by atoms with Gasteiger partial charge in [-0.15, -0.1) is 11.3 Å². The second kappa shape index (κ2) is 5.10. The molecule has 0 spiro atoms. The van der Waals surface area contributed by atoms with Crippen molar-refractivity contribution in [3.63, 3.8) is 0 Å². The number of nitriles is 1. The minimum Gasteiger partial charge on any atom is -0.461 e. The number of thiophene rings is 1. The lowest BCUT2D eigenvalue weighted by Gasteiger charge is -1.95. The van der Waals surface area contributed by atoms with Crippen molar-refractivity contribution < 1.29 is 9.21 Å². The summed E-state index contributed by atoms with van der Waals surface area (Å²) in [5.74, 6) is 2.43. The molecule has 2 heterocycles. The first kappa shape index (κ1) is 12.9. The smallest absolute Gasteiger partial charge is 0.213 e. The van der Waals surface area contributed by atoms with Crippen LogP contribution in [0.3, 0.4) is 0 Å². The van der Waals surface area contributed by atoms with Gasteiger partial charge < -0.3 is 4.42 Å². The maximum atomic E-state index is 12.1. The summed E-state index contributed by atoms with van der Waals surface area (Å²) in [6, 6.07) is 9.23. The SMILES string of the molecule is C[C@@H]1C[C@H]1c1ccc(/C=C(\C#N)C(=O)c2cccs2)o1. The van der Waals surface area contributed by atoms with Crippen molar-refractivity contribution in [3.8, 4) is 6.07 Å². The molecule has 4 heteroatoms. The van der Waals surface area contributed by atoms with Crippen LogP contribution in [-0.2, 0) is 0 Å². The van der Waals surface area contributed by atoms with Gasteiger partial charge in [0.1, 0.15) is 23.2 Å². The molecule has 1 fully saturated rings. The van der Waals surface area contributed by atoms with Crippen LogP contribution in [0.15, 0.2) is 39.6 Å². The van der Waals surface area contributed by atoms with Gasteiger partial charge in [0.2, 0.25) is 5.78 Å². The van der Waals surface area contributed by atoms with Crippen LogP contribution < -0.4 is 0 Å². The Morgan fingerprint density at radius 2 is 2.30 bits per heavy atom. The zero-order valence-electron chi connectivity index (χ0n) is 11.0. The fraction of sp³-hybridized carbons (Fsp3) is 0.250. The Morgan fingerprint density at radius 3 is 2.90 bits per heavy atom. The number of furan rings is 1. The summed E-state index contributed by atoms with van der Waals surface area (Å²) in [7, 11) is 0. The molecule has 100 valence electrons. The summed E-state index contributed by atoms with van der Waals surface area (Å²) in [4.78, 5) is 12.7. The molecule has 0 radical (unpaired) electrons. The van der Waals surface area contributed by atoms with Crippen LogP contribution >= 0.6 is 11.3 Å². The monoisotopic (exact) mass is 283 g/mol. The van der Waals surface area contributed by atoms with Gasteiger partial charge >= 0.3 is 0 Å². The Morgan fingerprint density at radius 1 is 1.50 bits per heavy atom. The number of rotatable bonds is 4. The van der Waals surface area contributed by atoms with Gasteiger partial charge in [0.15, 0.2) is 0 Å². The third-order valence-electron chi connectivity index (χ3n) is 3.52. The van der Waals surface area contributed by atoms with Crippen LogP contribution in [-0.4, -0.2) is 5.78 Å². The maximum absolute atomic E-state index is 12.1. The molecule has 1 aliphatic carbocycles. The largest absolute Gasteiger partial charge is 0.461 e. The van der Waals surface area contributed by atoms with E-state index in [-0.39, 0.29) is 11.4 Å². The second-order valence-corrected chi connectivity index (χ2v) is 5.98. The molecule has 2 aromatic rings. The summed E-state index contributed by atoms with van der Waals surface area (Å²) in [5.41, 5.74) is 0.109. The predicted molar refractivity (Wildman–Crippen MR) is 77.5 cm³/mol. The fourth-order valence-corrected chi connectivity index (χ4v) is 2.87. The van der Waals surface area contributed by atoms with Crippen LogP contribution in [0.5, 0.6) is 0 Å². The third kappa shape index (κ3) is 2.45. The Hall–Kier alpha value is -2.12. The highest BCUT2D eigenvalue weighted by Gasteiger charge is 2.36. The molecule has 3 rings (SSSR count). The maximum Gasteiger partial charge on any atom is 0.213 e. The molecule has 3 nitrogen and oxygen atoms in total. The minimum atomic E-state index is -0.250. The molecule has 0 unspecified atom stereocenters. The lowest BCUT2D eigenvalue weighted by Crippen LogP contribution is -1.98. The van der Waals surface area contributed by atoms with Crippen molar-refractivity contribution >= 4 is 23.2 Å². The molecule has 2 atom stereocenters. The fourth-order valence-electron chi connectivity index (χ4n) is 2.20. The predicted octanol–water partition coefficient (Wildman–Crippen LogP) is 4.25. The molecule has 0 aromatic carbocycles. The second-order valence-electron chi connectivity index (χ2n) is 5.04. The number of carbonyl (C=O) groups excluding carboxylic acids is 1. The van der Waals surface area contributed by atoms with Gasteiger partial charge in [-0.1, -0.05) is 13.0 Å². The minimum absolute atomic E-state index is 0.109. The van der Waals surface area contributed by atoms with Crippen molar-refractivity contribution in [2.24, 2.45) is 5.92 Å². The van der Waals surface area contributed by atoms with Crippen molar-refractivity contribution in [3.05, 3.63) is 51.6 Å². The summed E-state index contributed by atoms with van der Waals surface area (Å²) in [6.07, 6.45) is 2.68. The highest BCUT2D eigenvalue weighted by molar-refractivity contribution is 7.12. The van der Waals surface area contributed by atoms with E-state index in [1.807, 2.05) is 23.6 Å². The molecule has 0 saturated heterocycles. The van der Waals surface area contributed by atoms with Crippen molar-refractivity contribution in [2.75, 3.05) is 0 Å². The van der Waals surface area contributed by atoms with E-state index in [4.69, 9.17) is 9.68 Å². The van der Waals surface area contributed by atoms with Gasteiger partial charge in [-0.25, -0.2) is 0 Å². The van der Waals surface area contributed by atoms with Gasteiger partial charge in [-0.05, 0) is 35.9 Å². The van der Waals surface area contributed by atoms with Crippen molar-refractivity contribution in [1.82, 2.24) is 0 Å². The standard InChI is InChI=1S/C16H13NO2S/c1-10-7-13(10)14-5-4-12(19-14)8-11(9-17)16(18)15-3-2-6-20-15/h2-6,8,10,13H,7H2,1H3/b11-8+/t10-,13-/m1/s1. The van der Waals surface area contributed by atoms with E-state index >= 15 is 0 Å². The van der Waals surface area contributed by atoms with Crippen LogP contribution in [0.25, 0.3) is 6.08 Å². The van der Waals surface area contributed by atoms with E-state index in [9.17, 15) is 4.79 Å². The van der Waals surface area contributed by atoms with Crippen molar-refractivity contribution in [2.45, 2.75) is 19.3 Å². The summed E-state index contributed by atoms with van der Waals surface area (Å²) in [5, 5.41) is 11.0. The zero-order chi connectivity index (χ0) is 14.1. The van der Waals surface area contributed by atoms with E-state index in [1.54, 1.807) is 12.1 Å². The van der Waals surface area contributed by atoms with E-state index in [0.29, 0.717) is 22.5 Å². The third-order valence-corrected chi connectivity index (χ3v) is 4.39. The van der Waals surface area contributed by atoms with Gasteiger partial charge in [0.05, 0.1) is 4.88 Å². The molecule has 0 N–H and O–H groups in total. The molecule has 0 bridgehead atoms. The Balaban J connectivity index is 1.84. The number of Topliss-reactive ketones (excluding diaryl/α,β-unsaturated/α-hetero) is 1. The summed E-state index contributed by atoms with van der Waals surface area (Å²) < 4.78 is 5.70. The first-order valence-corrected chi connectivity index (χ1v) is 7.36. The molecular weight excluding hydrogens is 270 g/mol. The van der Waals surface area contributed by atoms with E-state index in [2.05, 4.69) is 6.92 Å². The van der Waals surface area contributed by atoms with Gasteiger partial charge in [0.25, 0.3) is 0 Å². The molecule has 0 aliphatic heterocycles. The molecule has 0 amide bonds. The molecule has 2 aromatic heterocycles. The number of hydrogen-bond donors (Lipinski definition) is 0. The van der Waals surface area contributed by atoms with Gasteiger partial charge in [0, 0.05) is 12.0 Å². The van der Waals surface area contributed by atoms with Crippen LogP contribution in [0, 0.1) is 17.2 Å². The van der Waals surface area contributed by atoms with Crippen LogP contribution in [0.2, 0.25) is 0 Å². The van der Waals surface area contributed by atoms with Crippen LogP contribution in [0.1, 0.15) is 40.5 Å². The van der Waals surface area contributed by atoms with Gasteiger partial charge in [-0.2, -0.15) is 5.26 Å². The number of nitrogens with zero attached hydrogens (tertiary/aromatic N) is 1. The Labute approximate surface area is 121 Å². The zero-order valence-corrected chi connectivity index (χ0v) is 11.8. The molecule has 1 saturated carbocycles. The Kier molecular flexibility index (Phi) is 3.29. The molecule has 1 aliphatic rings. The van der Waals surface area contributed by atoms with Crippen molar-refractivity contribution in [1.29, 1.82) is 5.26 Å². The average Bonchev–Trinajstić information content (AvgIpc) is 2.93. The molecular formula is C16H13NO2S. The van der Waals surface area contributed by atoms with E-state index in [0.717, 1.165) is 12.2 Å². The first-order valence-electron chi connectivity index (χ1n) is 6.49. The lowest BCUT2D eigenvalue weighted by atomic mass is 10.1. The van der Waals surface area contributed by atoms with Crippen LogP contribution in [0.4, 0.5) is 0 Å². The normalized spacial score (nSPS) is 21.5. The Bertz CT molecular complexity index is 703. The number of hydrogen-bond acceptors (Lipinski definition) is 4. The lowest BCUT2D eigenvalue weighted by molar-refractivity contribution is 0.104. The number of ketones is 1. The highest BCUT2D eigenvalue weighted by atomic mass is 32.1. The summed E-state index contributed by atoms with van der Waals surface area (Å²) in [6.45, 7) is 2.18. The summed E-state index contributed by atoms with van der Waals surface area (Å²) >= 11 is 1.33. The topological polar surface area (TPSA) is 54.0 Å². The highest BCUT2D eigenvalue weighted by Crippen LogP contribution is 2.47.